The third-order valence-electron chi connectivity index (χ3n) is 5.17. The number of aliphatic hydroxyl groups excluding tert-OH is 1. The Morgan fingerprint density at radius 1 is 1.41 bits per heavy atom. The Morgan fingerprint density at radius 3 is 2.69 bits per heavy atom. The number of non-ortho nitro benzene ring substituents is 1. The van der Waals surface area contributed by atoms with Gasteiger partial charge in [-0.1, -0.05) is 13.3 Å². The summed E-state index contributed by atoms with van der Waals surface area (Å²) in [5, 5.41) is 20.6. The minimum atomic E-state index is -0.763. The number of fused-ring (bicyclic) bond motifs is 1. The average molecular weight is 420 g/mol. The number of hydrogen-bond donors (Lipinski definition) is 1. The number of thioether (sulfide) groups is 1. The molecule has 2 heterocycles. The van der Waals surface area contributed by atoms with Gasteiger partial charge in [0.1, 0.15) is 12.3 Å². The molecular formula is C20H24N2O6S. The molecule has 1 aromatic rings. The molecule has 3 atom stereocenters. The van der Waals surface area contributed by atoms with Crippen LogP contribution in [0.3, 0.4) is 0 Å². The van der Waals surface area contributed by atoms with Crippen molar-refractivity contribution in [3.63, 3.8) is 0 Å². The molecule has 1 amide bonds. The molecule has 3 rings (SSSR count). The quantitative estimate of drug-likeness (QED) is 0.215. The van der Waals surface area contributed by atoms with Crippen molar-refractivity contribution in [3.05, 3.63) is 50.5 Å². The van der Waals surface area contributed by atoms with Gasteiger partial charge in [-0.2, -0.15) is 0 Å². The van der Waals surface area contributed by atoms with Crippen molar-refractivity contribution in [1.29, 1.82) is 0 Å². The fraction of sp³-hybridized carbons (Fsp3) is 0.500. The van der Waals surface area contributed by atoms with Crippen LogP contribution in [0.25, 0.3) is 0 Å². The Hall–Kier alpha value is -2.39. The standard InChI is InChI=1S/C20H24N2O6S/c1-3-4-9-29-16-10-15-17(12(2)23)19(24)21(15)18(16)20(25)28-11-13-5-7-14(8-6-13)22(26)27/h5-8,12,15,17,23H,3-4,9-11H2,1-2H3. The molecular weight excluding hydrogens is 396 g/mol. The molecule has 0 aliphatic carbocycles. The molecule has 2 aliphatic heterocycles. The maximum atomic E-state index is 12.8. The van der Waals surface area contributed by atoms with Gasteiger partial charge in [0.2, 0.25) is 5.91 Å². The van der Waals surface area contributed by atoms with E-state index in [9.17, 15) is 24.8 Å². The molecule has 1 saturated heterocycles. The second kappa shape index (κ2) is 8.96. The van der Waals surface area contributed by atoms with Gasteiger partial charge in [-0.25, -0.2) is 4.79 Å². The largest absolute Gasteiger partial charge is 0.456 e. The molecule has 1 aromatic carbocycles. The van der Waals surface area contributed by atoms with Crippen LogP contribution in [-0.4, -0.2) is 44.7 Å². The first-order valence-electron chi connectivity index (χ1n) is 9.62. The number of rotatable bonds is 9. The molecule has 29 heavy (non-hydrogen) atoms. The smallest absolute Gasteiger partial charge is 0.356 e. The zero-order valence-electron chi connectivity index (χ0n) is 16.4. The normalized spacial score (nSPS) is 21.6. The molecule has 8 nitrogen and oxygen atoms in total. The van der Waals surface area contributed by atoms with Crippen LogP contribution < -0.4 is 0 Å². The molecule has 0 saturated carbocycles. The summed E-state index contributed by atoms with van der Waals surface area (Å²) in [6.07, 6.45) is 1.82. The number of carbonyl (C=O) groups excluding carboxylic acids is 2. The van der Waals surface area contributed by atoms with Crippen molar-refractivity contribution >= 4 is 29.3 Å². The van der Waals surface area contributed by atoms with E-state index in [1.807, 2.05) is 0 Å². The Labute approximate surface area is 173 Å². The highest BCUT2D eigenvalue weighted by atomic mass is 32.2. The number of hydrogen-bond acceptors (Lipinski definition) is 7. The number of esters is 1. The molecule has 0 aromatic heterocycles. The van der Waals surface area contributed by atoms with Crippen LogP contribution in [0.15, 0.2) is 34.9 Å². The van der Waals surface area contributed by atoms with Crippen molar-refractivity contribution in [2.24, 2.45) is 5.92 Å². The first-order valence-corrected chi connectivity index (χ1v) is 10.6. The molecule has 0 radical (unpaired) electrons. The van der Waals surface area contributed by atoms with Crippen LogP contribution in [0, 0.1) is 16.0 Å². The van der Waals surface area contributed by atoms with E-state index in [2.05, 4.69) is 6.92 Å². The van der Waals surface area contributed by atoms with Crippen molar-refractivity contribution in [3.8, 4) is 0 Å². The summed E-state index contributed by atoms with van der Waals surface area (Å²) >= 11 is 1.56. The number of benzene rings is 1. The number of amides is 1. The Kier molecular flexibility index (Phi) is 6.59. The lowest BCUT2D eigenvalue weighted by molar-refractivity contribution is -0.384. The molecule has 1 N–H and O–H groups in total. The second-order valence-electron chi connectivity index (χ2n) is 7.22. The number of carbonyl (C=O) groups is 2. The monoisotopic (exact) mass is 420 g/mol. The van der Waals surface area contributed by atoms with Crippen LogP contribution >= 0.6 is 11.8 Å². The van der Waals surface area contributed by atoms with Gasteiger partial charge in [0, 0.05) is 23.5 Å². The number of nitro benzene ring substituents is 1. The molecule has 0 spiro atoms. The van der Waals surface area contributed by atoms with Gasteiger partial charge in [0.15, 0.2) is 0 Å². The van der Waals surface area contributed by atoms with Gasteiger partial charge < -0.3 is 14.7 Å². The lowest BCUT2D eigenvalue weighted by atomic mass is 9.83. The lowest BCUT2D eigenvalue weighted by Gasteiger charge is -2.44. The maximum absolute atomic E-state index is 12.8. The minimum Gasteiger partial charge on any atom is -0.456 e. The van der Waals surface area contributed by atoms with Crippen LogP contribution in [0.1, 0.15) is 38.7 Å². The first kappa shape index (κ1) is 21.3. The van der Waals surface area contributed by atoms with E-state index in [4.69, 9.17) is 4.74 Å². The Bertz CT molecular complexity index is 836. The van der Waals surface area contributed by atoms with Gasteiger partial charge in [-0.3, -0.25) is 14.9 Å². The molecule has 156 valence electrons. The lowest BCUT2D eigenvalue weighted by Crippen LogP contribution is -2.61. The minimum absolute atomic E-state index is 0.0358. The van der Waals surface area contributed by atoms with E-state index in [0.717, 1.165) is 23.5 Å². The maximum Gasteiger partial charge on any atom is 0.356 e. The van der Waals surface area contributed by atoms with Crippen LogP contribution in [0.2, 0.25) is 0 Å². The van der Waals surface area contributed by atoms with Gasteiger partial charge in [0.05, 0.1) is 23.0 Å². The number of nitro groups is 1. The number of ether oxygens (including phenoxy) is 1. The molecule has 2 aliphatic rings. The van der Waals surface area contributed by atoms with E-state index < -0.39 is 22.9 Å². The van der Waals surface area contributed by atoms with Gasteiger partial charge in [-0.15, -0.1) is 11.8 Å². The van der Waals surface area contributed by atoms with Gasteiger partial charge >= 0.3 is 5.97 Å². The van der Waals surface area contributed by atoms with Crippen LogP contribution in [0.5, 0.6) is 0 Å². The summed E-state index contributed by atoms with van der Waals surface area (Å²) in [7, 11) is 0. The third-order valence-corrected chi connectivity index (χ3v) is 6.37. The van der Waals surface area contributed by atoms with Crippen molar-refractivity contribution in [1.82, 2.24) is 4.90 Å². The summed E-state index contributed by atoms with van der Waals surface area (Å²) in [5.74, 6) is -0.476. The summed E-state index contributed by atoms with van der Waals surface area (Å²) in [6.45, 7) is 3.64. The van der Waals surface area contributed by atoms with Crippen molar-refractivity contribution in [2.75, 3.05) is 5.75 Å². The first-order chi connectivity index (χ1) is 13.8. The predicted molar refractivity (Wildman–Crippen MR) is 108 cm³/mol. The Morgan fingerprint density at radius 2 is 2.10 bits per heavy atom. The summed E-state index contributed by atoms with van der Waals surface area (Å²) in [4.78, 5) is 37.8. The highest BCUT2D eigenvalue weighted by Crippen LogP contribution is 2.47. The van der Waals surface area contributed by atoms with E-state index in [1.54, 1.807) is 18.7 Å². The SMILES string of the molecule is CCCCSC1=C(C(=O)OCc2ccc([N+](=O)[O-])cc2)N2C(=O)C(C(C)O)C2C1. The van der Waals surface area contributed by atoms with Gasteiger partial charge in [-0.05, 0) is 36.8 Å². The zero-order valence-corrected chi connectivity index (χ0v) is 17.2. The predicted octanol–water partition coefficient (Wildman–Crippen LogP) is 2.99. The fourth-order valence-corrected chi connectivity index (χ4v) is 4.91. The van der Waals surface area contributed by atoms with E-state index in [0.29, 0.717) is 12.0 Å². The molecule has 9 heteroatoms. The highest BCUT2D eigenvalue weighted by molar-refractivity contribution is 8.03. The van der Waals surface area contributed by atoms with Crippen LogP contribution in [-0.2, 0) is 20.9 Å². The van der Waals surface area contributed by atoms with Gasteiger partial charge in [0.25, 0.3) is 5.69 Å². The fourth-order valence-electron chi connectivity index (χ4n) is 3.62. The van der Waals surface area contributed by atoms with Crippen LogP contribution in [0.4, 0.5) is 5.69 Å². The van der Waals surface area contributed by atoms with E-state index in [-0.39, 0.29) is 29.9 Å². The number of unbranched alkanes of at least 4 members (excludes halogenated alkanes) is 1. The molecule has 1 fully saturated rings. The Balaban J connectivity index is 1.71. The topological polar surface area (TPSA) is 110 Å². The average Bonchev–Trinajstić information content (AvgIpc) is 3.00. The summed E-state index contributed by atoms with van der Waals surface area (Å²) < 4.78 is 5.41. The number of nitrogens with zero attached hydrogens (tertiary/aromatic N) is 2. The summed E-state index contributed by atoms with van der Waals surface area (Å²) in [6, 6.07) is 5.57. The van der Waals surface area contributed by atoms with E-state index >= 15 is 0 Å². The van der Waals surface area contributed by atoms with E-state index in [1.165, 1.54) is 29.2 Å². The third kappa shape index (κ3) is 4.30. The van der Waals surface area contributed by atoms with Crippen molar-refractivity contribution < 1.29 is 24.4 Å². The highest BCUT2D eigenvalue weighted by Gasteiger charge is 2.56. The molecule has 3 unspecified atom stereocenters. The zero-order chi connectivity index (χ0) is 21.1. The molecule has 0 bridgehead atoms. The number of aliphatic hydroxyl groups is 1. The summed E-state index contributed by atoms with van der Waals surface area (Å²) in [5.41, 5.74) is 0.863. The number of β-lactam (4-membered cyclic amide) rings is 1. The van der Waals surface area contributed by atoms with Crippen molar-refractivity contribution in [2.45, 2.75) is 51.9 Å². The second-order valence-corrected chi connectivity index (χ2v) is 8.41.